The summed E-state index contributed by atoms with van der Waals surface area (Å²) < 4.78 is 10.9. The van der Waals surface area contributed by atoms with Crippen molar-refractivity contribution in [2.45, 2.75) is 12.5 Å². The second kappa shape index (κ2) is 4.22. The molecule has 0 aliphatic carbocycles. The van der Waals surface area contributed by atoms with Gasteiger partial charge in [0.25, 0.3) is 0 Å². The van der Waals surface area contributed by atoms with Crippen molar-refractivity contribution in [2.24, 2.45) is 0 Å². The molecule has 1 aliphatic rings. The molecule has 0 radical (unpaired) electrons. The minimum Gasteiger partial charge on any atom is -0.497 e. The number of fused-ring (bicyclic) bond motifs is 1. The molecular formula is C13H14O2. The van der Waals surface area contributed by atoms with E-state index < -0.39 is 0 Å². The van der Waals surface area contributed by atoms with E-state index in [1.54, 1.807) is 7.11 Å². The summed E-state index contributed by atoms with van der Waals surface area (Å²) in [5.74, 6) is 1.76. The number of hydrogen-bond donors (Lipinski definition) is 0. The molecule has 0 fully saturated rings. The van der Waals surface area contributed by atoms with Crippen LogP contribution in [0.5, 0.6) is 11.5 Å². The van der Waals surface area contributed by atoms with Crippen molar-refractivity contribution in [3.05, 3.63) is 42.5 Å². The van der Waals surface area contributed by atoms with Crippen LogP contribution in [0.4, 0.5) is 0 Å². The van der Waals surface area contributed by atoms with Crippen LogP contribution in [0.15, 0.2) is 36.9 Å². The van der Waals surface area contributed by atoms with Crippen LogP contribution in [-0.2, 0) is 0 Å². The van der Waals surface area contributed by atoms with Gasteiger partial charge in [-0.1, -0.05) is 12.2 Å². The van der Waals surface area contributed by atoms with Gasteiger partial charge in [-0.2, -0.15) is 0 Å². The van der Waals surface area contributed by atoms with E-state index in [9.17, 15) is 0 Å². The Hall–Kier alpha value is -1.70. The van der Waals surface area contributed by atoms with Gasteiger partial charge in [-0.15, -0.1) is 6.58 Å². The fraction of sp³-hybridized carbons (Fsp3) is 0.231. The van der Waals surface area contributed by atoms with E-state index in [2.05, 4.69) is 12.7 Å². The lowest BCUT2D eigenvalue weighted by Gasteiger charge is -2.20. The molecule has 1 aromatic carbocycles. The largest absolute Gasteiger partial charge is 0.497 e. The first kappa shape index (κ1) is 9.84. The Morgan fingerprint density at radius 1 is 1.53 bits per heavy atom. The lowest BCUT2D eigenvalue weighted by atomic mass is 10.1. The Morgan fingerprint density at radius 3 is 3.13 bits per heavy atom. The molecule has 15 heavy (non-hydrogen) atoms. The molecule has 0 spiro atoms. The summed E-state index contributed by atoms with van der Waals surface area (Å²) >= 11 is 0. The van der Waals surface area contributed by atoms with E-state index in [4.69, 9.17) is 9.47 Å². The smallest absolute Gasteiger partial charge is 0.127 e. The Kier molecular flexibility index (Phi) is 2.77. The van der Waals surface area contributed by atoms with Crippen LogP contribution >= 0.6 is 0 Å². The van der Waals surface area contributed by atoms with Gasteiger partial charge in [-0.05, 0) is 24.3 Å². The van der Waals surface area contributed by atoms with Gasteiger partial charge in [0.1, 0.15) is 17.6 Å². The second-order valence-corrected chi connectivity index (χ2v) is 3.44. The summed E-state index contributed by atoms with van der Waals surface area (Å²) in [6, 6.07) is 5.81. The molecule has 1 atom stereocenters. The molecular weight excluding hydrogens is 188 g/mol. The van der Waals surface area contributed by atoms with E-state index in [0.717, 1.165) is 23.5 Å². The van der Waals surface area contributed by atoms with Gasteiger partial charge < -0.3 is 9.47 Å². The summed E-state index contributed by atoms with van der Waals surface area (Å²) in [5, 5.41) is 0. The highest BCUT2D eigenvalue weighted by atomic mass is 16.5. The zero-order valence-corrected chi connectivity index (χ0v) is 8.77. The minimum atomic E-state index is 0.114. The molecule has 2 heteroatoms. The molecule has 1 aromatic rings. The monoisotopic (exact) mass is 202 g/mol. The van der Waals surface area contributed by atoms with Gasteiger partial charge in [0.2, 0.25) is 0 Å². The highest BCUT2D eigenvalue weighted by Gasteiger charge is 2.13. The molecule has 1 heterocycles. The molecule has 0 aromatic heterocycles. The fourth-order valence-electron chi connectivity index (χ4n) is 1.60. The fourth-order valence-corrected chi connectivity index (χ4v) is 1.60. The zero-order chi connectivity index (χ0) is 10.7. The molecule has 0 bridgehead atoms. The summed E-state index contributed by atoms with van der Waals surface area (Å²) in [4.78, 5) is 0. The van der Waals surface area contributed by atoms with Crippen LogP contribution in [0.2, 0.25) is 0 Å². The van der Waals surface area contributed by atoms with Crippen LogP contribution in [-0.4, -0.2) is 13.2 Å². The topological polar surface area (TPSA) is 18.5 Å². The van der Waals surface area contributed by atoms with E-state index in [1.165, 1.54) is 0 Å². The maximum absolute atomic E-state index is 5.76. The minimum absolute atomic E-state index is 0.114. The summed E-state index contributed by atoms with van der Waals surface area (Å²) in [7, 11) is 1.66. The number of rotatable bonds is 3. The average molecular weight is 202 g/mol. The predicted molar refractivity (Wildman–Crippen MR) is 61.3 cm³/mol. The van der Waals surface area contributed by atoms with Crippen molar-refractivity contribution in [1.29, 1.82) is 0 Å². The normalized spacial score (nSPS) is 17.8. The number of ether oxygens (including phenoxy) is 2. The van der Waals surface area contributed by atoms with Gasteiger partial charge in [-0.25, -0.2) is 0 Å². The molecule has 0 N–H and O–H groups in total. The third-order valence-electron chi connectivity index (χ3n) is 2.38. The lowest BCUT2D eigenvalue weighted by Crippen LogP contribution is -2.15. The number of hydrogen-bond acceptors (Lipinski definition) is 2. The maximum atomic E-state index is 5.76. The Labute approximate surface area is 89.8 Å². The van der Waals surface area contributed by atoms with Gasteiger partial charge in [0.15, 0.2) is 0 Å². The van der Waals surface area contributed by atoms with E-state index >= 15 is 0 Å². The predicted octanol–water partition coefficient (Wildman–Crippen LogP) is 3.05. The lowest BCUT2D eigenvalue weighted by molar-refractivity contribution is 0.249. The van der Waals surface area contributed by atoms with Crippen molar-refractivity contribution >= 4 is 6.08 Å². The van der Waals surface area contributed by atoms with Crippen LogP contribution < -0.4 is 9.47 Å². The first-order valence-corrected chi connectivity index (χ1v) is 4.97. The van der Waals surface area contributed by atoms with Crippen LogP contribution in [0.25, 0.3) is 6.08 Å². The van der Waals surface area contributed by atoms with Gasteiger partial charge >= 0.3 is 0 Å². The summed E-state index contributed by atoms with van der Waals surface area (Å²) in [5.41, 5.74) is 1.06. The number of methoxy groups -OCH3 is 1. The second-order valence-electron chi connectivity index (χ2n) is 3.44. The van der Waals surface area contributed by atoms with Gasteiger partial charge in [0.05, 0.1) is 7.11 Å². The molecule has 0 saturated carbocycles. The standard InChI is InChI=1S/C13H14O2/c1-3-4-11-6-5-10-9-12(14-2)7-8-13(10)15-11/h3,5-9,11H,1,4H2,2H3. The van der Waals surface area contributed by atoms with Crippen LogP contribution in [0.3, 0.4) is 0 Å². The highest BCUT2D eigenvalue weighted by Crippen LogP contribution is 2.30. The van der Waals surface area contributed by atoms with Crippen molar-refractivity contribution in [1.82, 2.24) is 0 Å². The Bertz CT molecular complexity index is 394. The SMILES string of the molecule is C=CCC1C=Cc2cc(OC)ccc2O1. The Morgan fingerprint density at radius 2 is 2.40 bits per heavy atom. The van der Waals surface area contributed by atoms with E-state index in [-0.39, 0.29) is 6.10 Å². The van der Waals surface area contributed by atoms with Crippen LogP contribution in [0.1, 0.15) is 12.0 Å². The molecule has 0 amide bonds. The summed E-state index contributed by atoms with van der Waals surface area (Å²) in [6.45, 7) is 3.70. The third kappa shape index (κ3) is 2.04. The molecule has 78 valence electrons. The van der Waals surface area contributed by atoms with Crippen LogP contribution in [0, 0.1) is 0 Å². The highest BCUT2D eigenvalue weighted by molar-refractivity contribution is 5.62. The van der Waals surface area contributed by atoms with Crippen molar-refractivity contribution < 1.29 is 9.47 Å². The molecule has 2 nitrogen and oxygen atoms in total. The Balaban J connectivity index is 2.24. The third-order valence-corrected chi connectivity index (χ3v) is 2.38. The molecule has 1 aliphatic heterocycles. The summed E-state index contributed by atoms with van der Waals surface area (Å²) in [6.07, 6.45) is 6.92. The number of benzene rings is 1. The molecule has 0 saturated heterocycles. The molecule has 2 rings (SSSR count). The van der Waals surface area contributed by atoms with Gasteiger partial charge in [-0.3, -0.25) is 0 Å². The van der Waals surface area contributed by atoms with Crippen molar-refractivity contribution in [2.75, 3.05) is 7.11 Å². The van der Waals surface area contributed by atoms with E-state index in [0.29, 0.717) is 0 Å². The molecule has 1 unspecified atom stereocenters. The van der Waals surface area contributed by atoms with Crippen molar-refractivity contribution in [3.8, 4) is 11.5 Å². The zero-order valence-electron chi connectivity index (χ0n) is 8.77. The maximum Gasteiger partial charge on any atom is 0.127 e. The van der Waals surface area contributed by atoms with Gasteiger partial charge in [0, 0.05) is 12.0 Å². The average Bonchev–Trinajstić information content (AvgIpc) is 2.29. The van der Waals surface area contributed by atoms with E-state index in [1.807, 2.05) is 30.4 Å². The first-order chi connectivity index (χ1) is 7.33. The van der Waals surface area contributed by atoms with Crippen molar-refractivity contribution in [3.63, 3.8) is 0 Å². The quantitative estimate of drug-likeness (QED) is 0.701. The first-order valence-electron chi connectivity index (χ1n) is 4.97.